The maximum atomic E-state index is 13.7. The van der Waals surface area contributed by atoms with Crippen molar-refractivity contribution in [1.29, 1.82) is 0 Å². The Labute approximate surface area is 143 Å². The molecule has 0 fully saturated rings. The molecule has 0 unspecified atom stereocenters. The van der Waals surface area contributed by atoms with Gasteiger partial charge in [-0.25, -0.2) is 21.9 Å². The number of benzene rings is 1. The van der Waals surface area contributed by atoms with Gasteiger partial charge in [-0.15, -0.1) is 0 Å². The number of sulfonamides is 1. The minimum Gasteiger partial charge on any atom is -0.268 e. The summed E-state index contributed by atoms with van der Waals surface area (Å²) in [4.78, 5) is 3.20. The molecular weight excluding hydrogens is 350 g/mol. The summed E-state index contributed by atoms with van der Waals surface area (Å²) in [7, 11) is -2.48. The van der Waals surface area contributed by atoms with Gasteiger partial charge in [0.1, 0.15) is 16.5 Å². The Hall–Kier alpha value is -2.65. The average Bonchev–Trinajstić information content (AvgIpc) is 2.97. The number of nitrogens with one attached hydrogen (secondary N) is 1. The van der Waals surface area contributed by atoms with Gasteiger partial charge in [0.2, 0.25) is 10.0 Å². The van der Waals surface area contributed by atoms with Gasteiger partial charge in [0.25, 0.3) is 0 Å². The maximum Gasteiger partial charge on any atom is 0.243 e. The number of pyridine rings is 1. The number of hydrogen-bond acceptors (Lipinski definition) is 4. The molecule has 0 bridgehead atoms. The van der Waals surface area contributed by atoms with Gasteiger partial charge in [0.15, 0.2) is 0 Å². The van der Waals surface area contributed by atoms with Gasteiger partial charge in [-0.05, 0) is 36.4 Å². The van der Waals surface area contributed by atoms with E-state index in [1.165, 1.54) is 0 Å². The number of aryl methyl sites for hydroxylation is 1. The summed E-state index contributed by atoms with van der Waals surface area (Å²) >= 11 is 0. The Morgan fingerprint density at radius 3 is 2.56 bits per heavy atom. The molecule has 6 nitrogen and oxygen atoms in total. The third-order valence-electron chi connectivity index (χ3n) is 3.53. The molecule has 0 aliphatic heterocycles. The second kappa shape index (κ2) is 6.69. The second-order valence-electron chi connectivity index (χ2n) is 5.28. The number of hydrogen-bond donors (Lipinski definition) is 1. The molecule has 0 radical (unpaired) electrons. The molecule has 0 saturated carbocycles. The summed E-state index contributed by atoms with van der Waals surface area (Å²) in [5, 5.41) is 4.23. The van der Waals surface area contributed by atoms with Crippen LogP contribution in [-0.2, 0) is 23.6 Å². The van der Waals surface area contributed by atoms with Crippen LogP contribution in [0.1, 0.15) is 5.69 Å². The highest BCUT2D eigenvalue weighted by Crippen LogP contribution is 2.20. The predicted octanol–water partition coefficient (Wildman–Crippen LogP) is 2.24. The van der Waals surface area contributed by atoms with E-state index in [9.17, 15) is 17.2 Å². The number of nitrogens with zero attached hydrogens (tertiary/aromatic N) is 3. The summed E-state index contributed by atoms with van der Waals surface area (Å²) in [6, 6.07) is 7.57. The lowest BCUT2D eigenvalue weighted by Crippen LogP contribution is -2.24. The first-order valence-electron chi connectivity index (χ1n) is 7.25. The Morgan fingerprint density at radius 2 is 1.84 bits per heavy atom. The molecule has 9 heteroatoms. The van der Waals surface area contributed by atoms with Crippen molar-refractivity contribution < 1.29 is 17.2 Å². The van der Waals surface area contributed by atoms with E-state index in [2.05, 4.69) is 14.8 Å². The molecule has 0 spiro atoms. The quantitative estimate of drug-likeness (QED) is 0.753. The lowest BCUT2D eigenvalue weighted by atomic mass is 10.2. The summed E-state index contributed by atoms with van der Waals surface area (Å²) in [6.07, 6.45) is 3.27. The van der Waals surface area contributed by atoms with E-state index < -0.39 is 26.6 Å². The Bertz CT molecular complexity index is 1000. The van der Waals surface area contributed by atoms with Crippen molar-refractivity contribution in [2.75, 3.05) is 0 Å². The first kappa shape index (κ1) is 17.2. The second-order valence-corrected chi connectivity index (χ2v) is 7.02. The molecule has 2 heterocycles. The van der Waals surface area contributed by atoms with E-state index in [4.69, 9.17) is 0 Å². The fourth-order valence-electron chi connectivity index (χ4n) is 2.34. The van der Waals surface area contributed by atoms with Crippen LogP contribution in [0.4, 0.5) is 8.78 Å². The zero-order chi connectivity index (χ0) is 18.0. The number of aromatic nitrogens is 3. The molecule has 25 heavy (non-hydrogen) atoms. The van der Waals surface area contributed by atoms with Crippen LogP contribution in [0.3, 0.4) is 0 Å². The van der Waals surface area contributed by atoms with E-state index in [1.54, 1.807) is 42.3 Å². The highest BCUT2D eigenvalue weighted by Gasteiger charge is 2.20. The van der Waals surface area contributed by atoms with Crippen LogP contribution >= 0.6 is 0 Å². The minimum absolute atomic E-state index is 0.156. The van der Waals surface area contributed by atoms with Crippen LogP contribution in [-0.4, -0.2) is 23.2 Å². The fraction of sp³-hybridized carbons (Fsp3) is 0.125. The Morgan fingerprint density at radius 1 is 1.12 bits per heavy atom. The maximum absolute atomic E-state index is 13.7. The molecule has 0 amide bonds. The fourth-order valence-corrected chi connectivity index (χ4v) is 3.42. The van der Waals surface area contributed by atoms with Gasteiger partial charge < -0.3 is 0 Å². The van der Waals surface area contributed by atoms with E-state index >= 15 is 0 Å². The highest BCUT2D eigenvalue weighted by atomic mass is 32.2. The van der Waals surface area contributed by atoms with E-state index in [1.807, 2.05) is 0 Å². The molecule has 0 atom stereocenters. The lowest BCUT2D eigenvalue weighted by molar-refractivity contribution is 0.545. The lowest BCUT2D eigenvalue weighted by Gasteiger charge is -2.06. The predicted molar refractivity (Wildman–Crippen MR) is 86.8 cm³/mol. The Kier molecular flexibility index (Phi) is 4.60. The van der Waals surface area contributed by atoms with Crippen LogP contribution < -0.4 is 4.72 Å². The smallest absolute Gasteiger partial charge is 0.243 e. The topological polar surface area (TPSA) is 76.9 Å². The largest absolute Gasteiger partial charge is 0.268 e. The van der Waals surface area contributed by atoms with Gasteiger partial charge in [0.05, 0.1) is 17.9 Å². The number of rotatable bonds is 5. The SMILES string of the molecule is Cn1nc(CNS(=O)(=O)c2cc(F)ccc2F)cc1-c1ccncc1. The third kappa shape index (κ3) is 3.72. The normalized spacial score (nSPS) is 11.6. The number of halogens is 2. The van der Waals surface area contributed by atoms with Gasteiger partial charge in [0, 0.05) is 25.0 Å². The molecular formula is C16H14F2N4O2S. The van der Waals surface area contributed by atoms with Crippen molar-refractivity contribution in [2.24, 2.45) is 7.05 Å². The van der Waals surface area contributed by atoms with E-state index in [0.29, 0.717) is 11.8 Å². The van der Waals surface area contributed by atoms with Crippen molar-refractivity contribution in [1.82, 2.24) is 19.5 Å². The molecule has 0 saturated heterocycles. The first-order valence-corrected chi connectivity index (χ1v) is 8.73. The van der Waals surface area contributed by atoms with Crippen molar-refractivity contribution >= 4 is 10.0 Å². The average molecular weight is 364 g/mol. The van der Waals surface area contributed by atoms with Crippen LogP contribution in [0.2, 0.25) is 0 Å². The molecule has 3 rings (SSSR count). The van der Waals surface area contributed by atoms with Gasteiger partial charge in [-0.1, -0.05) is 0 Å². The van der Waals surface area contributed by atoms with Crippen LogP contribution in [0.5, 0.6) is 0 Å². The standard InChI is InChI=1S/C16H14F2N4O2S/c1-22-15(11-4-6-19-7-5-11)9-13(21-22)10-20-25(23,24)16-8-12(17)2-3-14(16)18/h2-9,20H,10H2,1H3. The molecule has 1 N–H and O–H groups in total. The van der Waals surface area contributed by atoms with Gasteiger partial charge >= 0.3 is 0 Å². The molecule has 130 valence electrons. The molecule has 3 aromatic rings. The molecule has 2 aromatic heterocycles. The van der Waals surface area contributed by atoms with E-state index in [0.717, 1.165) is 23.4 Å². The molecule has 0 aliphatic rings. The summed E-state index contributed by atoms with van der Waals surface area (Å²) in [5.74, 6) is -1.85. The zero-order valence-corrected chi connectivity index (χ0v) is 14.0. The van der Waals surface area contributed by atoms with Crippen molar-refractivity contribution in [3.8, 4) is 11.3 Å². The summed E-state index contributed by atoms with van der Waals surface area (Å²) in [5.41, 5.74) is 2.08. The van der Waals surface area contributed by atoms with Gasteiger partial charge in [-0.3, -0.25) is 9.67 Å². The summed E-state index contributed by atoms with van der Waals surface area (Å²) in [6.45, 7) is -0.156. The summed E-state index contributed by atoms with van der Waals surface area (Å²) < 4.78 is 55.1. The van der Waals surface area contributed by atoms with Crippen LogP contribution in [0.25, 0.3) is 11.3 Å². The van der Waals surface area contributed by atoms with E-state index in [-0.39, 0.29) is 6.54 Å². The molecule has 1 aromatic carbocycles. The van der Waals surface area contributed by atoms with Crippen molar-refractivity contribution in [2.45, 2.75) is 11.4 Å². The van der Waals surface area contributed by atoms with Crippen LogP contribution in [0.15, 0.2) is 53.7 Å². The first-order chi connectivity index (χ1) is 11.9. The van der Waals surface area contributed by atoms with Crippen molar-refractivity contribution in [3.05, 3.63) is 66.1 Å². The zero-order valence-electron chi connectivity index (χ0n) is 13.1. The van der Waals surface area contributed by atoms with Crippen LogP contribution in [0, 0.1) is 11.6 Å². The Balaban J connectivity index is 1.81. The van der Waals surface area contributed by atoms with Gasteiger partial charge in [-0.2, -0.15) is 5.10 Å². The minimum atomic E-state index is -4.20. The molecule has 0 aliphatic carbocycles. The third-order valence-corrected chi connectivity index (χ3v) is 4.95. The van der Waals surface area contributed by atoms with Crippen molar-refractivity contribution in [3.63, 3.8) is 0 Å². The highest BCUT2D eigenvalue weighted by molar-refractivity contribution is 7.89. The monoisotopic (exact) mass is 364 g/mol.